The van der Waals surface area contributed by atoms with E-state index < -0.39 is 16.0 Å². The molecule has 1 N–H and O–H groups in total. The van der Waals surface area contributed by atoms with Crippen LogP contribution in [0.4, 0.5) is 0 Å². The molecule has 0 saturated carbocycles. The van der Waals surface area contributed by atoms with Gasteiger partial charge in [-0.1, -0.05) is 0 Å². The standard InChI is InChI=1S/C12H22N2O6S/c1-13(5-2-3-12(16)17)11(15)4-10-21(18,19)14-6-8-20-9-7-14/h2-10H2,1H3,(H,16,17). The second-order valence-corrected chi connectivity index (χ2v) is 6.98. The second kappa shape index (κ2) is 8.30. The lowest BCUT2D eigenvalue weighted by molar-refractivity contribution is -0.138. The van der Waals surface area contributed by atoms with Gasteiger partial charge in [0, 0.05) is 39.5 Å². The molecule has 0 aromatic rings. The quantitative estimate of drug-likeness (QED) is 0.637. The number of aliphatic carboxylic acids is 1. The molecule has 0 atom stereocenters. The Hall–Kier alpha value is -1.19. The number of carboxylic acids is 1. The van der Waals surface area contributed by atoms with Gasteiger partial charge in [0.05, 0.1) is 19.0 Å². The summed E-state index contributed by atoms with van der Waals surface area (Å²) in [7, 11) is -1.89. The highest BCUT2D eigenvalue weighted by molar-refractivity contribution is 7.89. The van der Waals surface area contributed by atoms with E-state index >= 15 is 0 Å². The van der Waals surface area contributed by atoms with Gasteiger partial charge in [-0.05, 0) is 6.42 Å². The lowest BCUT2D eigenvalue weighted by Crippen LogP contribution is -2.42. The lowest BCUT2D eigenvalue weighted by Gasteiger charge is -2.26. The molecule has 9 heteroatoms. The zero-order valence-corrected chi connectivity index (χ0v) is 13.0. The van der Waals surface area contributed by atoms with Gasteiger partial charge >= 0.3 is 5.97 Å². The van der Waals surface area contributed by atoms with Gasteiger partial charge in [0.1, 0.15) is 0 Å². The zero-order valence-electron chi connectivity index (χ0n) is 12.2. The first kappa shape index (κ1) is 17.9. The van der Waals surface area contributed by atoms with Crippen molar-refractivity contribution in [2.45, 2.75) is 19.3 Å². The fraction of sp³-hybridized carbons (Fsp3) is 0.833. The molecular weight excluding hydrogens is 300 g/mol. The van der Waals surface area contributed by atoms with E-state index in [1.165, 1.54) is 9.21 Å². The Morgan fingerprint density at radius 2 is 1.86 bits per heavy atom. The first-order valence-electron chi connectivity index (χ1n) is 6.84. The molecule has 21 heavy (non-hydrogen) atoms. The normalized spacial score (nSPS) is 16.6. The molecule has 1 amide bonds. The molecule has 1 aliphatic rings. The van der Waals surface area contributed by atoms with Crippen LogP contribution < -0.4 is 0 Å². The summed E-state index contributed by atoms with van der Waals surface area (Å²) in [5, 5.41) is 8.52. The minimum absolute atomic E-state index is 0.0102. The van der Waals surface area contributed by atoms with Crippen LogP contribution in [0.25, 0.3) is 0 Å². The van der Waals surface area contributed by atoms with E-state index in [-0.39, 0.29) is 24.5 Å². The monoisotopic (exact) mass is 322 g/mol. The average Bonchev–Trinajstić information content (AvgIpc) is 2.45. The third-order valence-electron chi connectivity index (χ3n) is 3.25. The lowest BCUT2D eigenvalue weighted by atomic mass is 10.3. The van der Waals surface area contributed by atoms with E-state index in [1.807, 2.05) is 0 Å². The fourth-order valence-corrected chi connectivity index (χ4v) is 3.35. The van der Waals surface area contributed by atoms with Crippen LogP contribution >= 0.6 is 0 Å². The minimum Gasteiger partial charge on any atom is -0.481 e. The van der Waals surface area contributed by atoms with Crippen molar-refractivity contribution < 1.29 is 27.9 Å². The van der Waals surface area contributed by atoms with E-state index in [1.54, 1.807) is 7.05 Å². The number of morpholine rings is 1. The summed E-state index contributed by atoms with van der Waals surface area (Å²) in [4.78, 5) is 23.6. The van der Waals surface area contributed by atoms with Crippen LogP contribution in [0.3, 0.4) is 0 Å². The maximum atomic E-state index is 12.0. The largest absolute Gasteiger partial charge is 0.481 e. The number of hydrogen-bond acceptors (Lipinski definition) is 5. The maximum Gasteiger partial charge on any atom is 0.303 e. The second-order valence-electron chi connectivity index (χ2n) is 4.89. The smallest absolute Gasteiger partial charge is 0.303 e. The van der Waals surface area contributed by atoms with Crippen LogP contribution in [0.2, 0.25) is 0 Å². The molecule has 1 rings (SSSR count). The molecule has 8 nitrogen and oxygen atoms in total. The maximum absolute atomic E-state index is 12.0. The van der Waals surface area contributed by atoms with Crippen LogP contribution in [-0.4, -0.2) is 80.3 Å². The minimum atomic E-state index is -3.43. The van der Waals surface area contributed by atoms with Gasteiger partial charge in [0.2, 0.25) is 15.9 Å². The molecule has 1 saturated heterocycles. The molecule has 1 heterocycles. The molecule has 0 bridgehead atoms. The number of carboxylic acid groups (broad SMARTS) is 1. The summed E-state index contributed by atoms with van der Waals surface area (Å²) in [5.41, 5.74) is 0. The number of carbonyl (C=O) groups is 2. The van der Waals surface area contributed by atoms with Gasteiger partial charge in [0.25, 0.3) is 0 Å². The van der Waals surface area contributed by atoms with Crippen LogP contribution in [-0.2, 0) is 24.3 Å². The van der Waals surface area contributed by atoms with Crippen molar-refractivity contribution in [3.05, 3.63) is 0 Å². The molecule has 0 radical (unpaired) electrons. The average molecular weight is 322 g/mol. The van der Waals surface area contributed by atoms with E-state index in [0.29, 0.717) is 39.3 Å². The van der Waals surface area contributed by atoms with Crippen molar-refractivity contribution in [1.29, 1.82) is 0 Å². The highest BCUT2D eigenvalue weighted by Gasteiger charge is 2.25. The number of ether oxygens (including phenoxy) is 1. The fourth-order valence-electron chi connectivity index (χ4n) is 1.95. The number of rotatable bonds is 8. The summed E-state index contributed by atoms with van der Waals surface area (Å²) >= 11 is 0. The molecule has 1 aliphatic heterocycles. The Morgan fingerprint density at radius 3 is 2.43 bits per heavy atom. The number of nitrogens with zero attached hydrogens (tertiary/aromatic N) is 2. The number of carbonyl (C=O) groups excluding carboxylic acids is 1. The van der Waals surface area contributed by atoms with Gasteiger partial charge < -0.3 is 14.7 Å². The van der Waals surface area contributed by atoms with Crippen LogP contribution in [0.1, 0.15) is 19.3 Å². The van der Waals surface area contributed by atoms with Crippen LogP contribution in [0.15, 0.2) is 0 Å². The Morgan fingerprint density at radius 1 is 1.24 bits per heavy atom. The first-order chi connectivity index (χ1) is 9.83. The Labute approximate surface area is 124 Å². The van der Waals surface area contributed by atoms with Crippen molar-refractivity contribution in [3.8, 4) is 0 Å². The predicted octanol–water partition coefficient (Wildman–Crippen LogP) is -0.638. The first-order valence-corrected chi connectivity index (χ1v) is 8.45. The Balaban J connectivity index is 2.35. The zero-order chi connectivity index (χ0) is 15.9. The van der Waals surface area contributed by atoms with Crippen molar-refractivity contribution in [2.24, 2.45) is 0 Å². The molecule has 0 aliphatic carbocycles. The van der Waals surface area contributed by atoms with E-state index in [0.717, 1.165) is 0 Å². The van der Waals surface area contributed by atoms with Crippen LogP contribution in [0.5, 0.6) is 0 Å². The highest BCUT2D eigenvalue weighted by atomic mass is 32.2. The Kier molecular flexibility index (Phi) is 7.06. The van der Waals surface area contributed by atoms with Gasteiger partial charge in [-0.3, -0.25) is 9.59 Å². The van der Waals surface area contributed by atoms with Gasteiger partial charge in [0.15, 0.2) is 0 Å². The number of sulfonamides is 1. The third-order valence-corrected chi connectivity index (χ3v) is 5.12. The predicted molar refractivity (Wildman–Crippen MR) is 75.3 cm³/mol. The van der Waals surface area contributed by atoms with Crippen molar-refractivity contribution in [2.75, 3.05) is 45.6 Å². The van der Waals surface area contributed by atoms with E-state index in [4.69, 9.17) is 9.84 Å². The summed E-state index contributed by atoms with van der Waals surface area (Å²) in [5.74, 6) is -1.43. The third kappa shape index (κ3) is 6.40. The highest BCUT2D eigenvalue weighted by Crippen LogP contribution is 2.08. The summed E-state index contributed by atoms with van der Waals surface area (Å²) in [6, 6.07) is 0. The number of hydrogen-bond donors (Lipinski definition) is 1. The SMILES string of the molecule is CN(CCCC(=O)O)C(=O)CCS(=O)(=O)N1CCOCC1. The topological polar surface area (TPSA) is 104 Å². The molecule has 0 unspecified atom stereocenters. The molecule has 0 aromatic heterocycles. The molecule has 0 aromatic carbocycles. The number of amides is 1. The molecule has 1 fully saturated rings. The van der Waals surface area contributed by atoms with Gasteiger partial charge in [-0.25, -0.2) is 8.42 Å². The molecule has 122 valence electrons. The van der Waals surface area contributed by atoms with E-state index in [2.05, 4.69) is 0 Å². The molecular formula is C12H22N2O6S. The van der Waals surface area contributed by atoms with Crippen molar-refractivity contribution >= 4 is 21.9 Å². The summed E-state index contributed by atoms with van der Waals surface area (Å²) in [6.07, 6.45) is 0.251. The van der Waals surface area contributed by atoms with Crippen LogP contribution in [0, 0.1) is 0 Å². The van der Waals surface area contributed by atoms with Crippen molar-refractivity contribution in [1.82, 2.24) is 9.21 Å². The van der Waals surface area contributed by atoms with E-state index in [9.17, 15) is 18.0 Å². The Bertz CT molecular complexity index is 458. The van der Waals surface area contributed by atoms with Gasteiger partial charge in [-0.2, -0.15) is 4.31 Å². The summed E-state index contributed by atoms with van der Waals surface area (Å²) in [6.45, 7) is 1.71. The molecule has 0 spiro atoms. The van der Waals surface area contributed by atoms with Gasteiger partial charge in [-0.15, -0.1) is 0 Å². The summed E-state index contributed by atoms with van der Waals surface area (Å²) < 4.78 is 30.5. The van der Waals surface area contributed by atoms with Crippen molar-refractivity contribution in [3.63, 3.8) is 0 Å².